The zero-order chi connectivity index (χ0) is 7.44. The standard InChI is InChI=1S/C6H8O3/c1-4(5(2)7)3-6(8)9/h3H,1-2H3,(H,8,9)/p-1/b4-3-. The number of aliphatic carboxylic acids is 1. The molecule has 3 nitrogen and oxygen atoms in total. The smallest absolute Gasteiger partial charge is 0.155 e. The Morgan fingerprint density at radius 3 is 1.89 bits per heavy atom. The number of carbonyl (C=O) groups is 2. The highest BCUT2D eigenvalue weighted by Gasteiger charge is 1.92. The van der Waals surface area contributed by atoms with Crippen LogP contribution in [-0.4, -0.2) is 11.8 Å². The van der Waals surface area contributed by atoms with E-state index < -0.39 is 5.97 Å². The van der Waals surface area contributed by atoms with Crippen molar-refractivity contribution in [2.24, 2.45) is 0 Å². The van der Waals surface area contributed by atoms with E-state index in [-0.39, 0.29) is 11.4 Å². The first-order chi connectivity index (χ1) is 4.04. The Kier molecular flexibility index (Phi) is 2.64. The molecule has 0 aromatic heterocycles. The molecule has 0 N–H and O–H groups in total. The molecular weight excluding hydrogens is 120 g/mol. The average molecular weight is 127 g/mol. The summed E-state index contributed by atoms with van der Waals surface area (Å²) in [4.78, 5) is 20.1. The van der Waals surface area contributed by atoms with E-state index in [4.69, 9.17) is 0 Å². The van der Waals surface area contributed by atoms with E-state index >= 15 is 0 Å². The molecule has 0 aliphatic carbocycles. The predicted molar refractivity (Wildman–Crippen MR) is 29.4 cm³/mol. The minimum absolute atomic E-state index is 0.204. The first kappa shape index (κ1) is 7.88. The van der Waals surface area contributed by atoms with Gasteiger partial charge in [0.1, 0.15) is 0 Å². The van der Waals surface area contributed by atoms with Crippen LogP contribution in [0, 0.1) is 0 Å². The Morgan fingerprint density at radius 2 is 1.78 bits per heavy atom. The maximum atomic E-state index is 10.3. The fourth-order valence-corrected chi connectivity index (χ4v) is 0.278. The minimum atomic E-state index is -1.33. The third-order valence-electron chi connectivity index (χ3n) is 0.890. The molecule has 0 radical (unpaired) electrons. The van der Waals surface area contributed by atoms with E-state index in [2.05, 4.69) is 0 Å². The third kappa shape index (κ3) is 3.46. The molecule has 0 bridgehead atoms. The van der Waals surface area contributed by atoms with Gasteiger partial charge in [-0.2, -0.15) is 0 Å². The molecule has 0 amide bonds. The average Bonchev–Trinajstić information content (AvgIpc) is 1.63. The van der Waals surface area contributed by atoms with Gasteiger partial charge in [-0.1, -0.05) is 0 Å². The first-order valence-corrected chi connectivity index (χ1v) is 2.44. The second-order valence-corrected chi connectivity index (χ2v) is 1.70. The summed E-state index contributed by atoms with van der Waals surface area (Å²) in [7, 11) is 0. The highest BCUT2D eigenvalue weighted by atomic mass is 16.4. The number of carbonyl (C=O) groups excluding carboxylic acids is 2. The lowest BCUT2D eigenvalue weighted by Gasteiger charge is -1.93. The van der Waals surface area contributed by atoms with E-state index in [1.54, 1.807) is 0 Å². The number of ketones is 1. The van der Waals surface area contributed by atoms with Crippen molar-refractivity contribution in [3.8, 4) is 0 Å². The van der Waals surface area contributed by atoms with Crippen LogP contribution in [0.2, 0.25) is 0 Å². The summed E-state index contributed by atoms with van der Waals surface area (Å²) in [6.07, 6.45) is 0.780. The molecule has 0 saturated heterocycles. The third-order valence-corrected chi connectivity index (χ3v) is 0.890. The van der Waals surface area contributed by atoms with Gasteiger partial charge in [-0.25, -0.2) is 0 Å². The summed E-state index contributed by atoms with van der Waals surface area (Å²) in [5, 5.41) is 9.77. The van der Waals surface area contributed by atoms with Gasteiger partial charge in [0.25, 0.3) is 0 Å². The van der Waals surface area contributed by atoms with Gasteiger partial charge in [-0.15, -0.1) is 0 Å². The SMILES string of the molecule is CC(=O)/C(C)=C\C(=O)[O-]. The Morgan fingerprint density at radius 1 is 1.33 bits per heavy atom. The topological polar surface area (TPSA) is 57.2 Å². The normalized spacial score (nSPS) is 11.1. The Labute approximate surface area is 53.0 Å². The molecule has 0 aliphatic rings. The first-order valence-electron chi connectivity index (χ1n) is 2.44. The number of carboxylic acids is 1. The molecule has 0 saturated carbocycles. The van der Waals surface area contributed by atoms with Gasteiger partial charge < -0.3 is 9.90 Å². The number of rotatable bonds is 2. The van der Waals surface area contributed by atoms with Gasteiger partial charge in [0.15, 0.2) is 5.78 Å². The van der Waals surface area contributed by atoms with Crippen molar-refractivity contribution in [1.29, 1.82) is 0 Å². The van der Waals surface area contributed by atoms with Crippen LogP contribution in [0.1, 0.15) is 13.8 Å². The summed E-state index contributed by atoms with van der Waals surface area (Å²) >= 11 is 0. The Hall–Kier alpha value is -1.12. The van der Waals surface area contributed by atoms with Crippen molar-refractivity contribution in [2.45, 2.75) is 13.8 Å². The fourth-order valence-electron chi connectivity index (χ4n) is 0.278. The number of Topliss-reactive ketones (excluding diaryl/α,β-unsaturated/α-hetero) is 1. The van der Waals surface area contributed by atoms with E-state index in [0.29, 0.717) is 0 Å². The molecule has 0 aromatic rings. The van der Waals surface area contributed by atoms with Gasteiger partial charge in [0.05, 0.1) is 5.97 Å². The maximum Gasteiger partial charge on any atom is 0.155 e. The highest BCUT2D eigenvalue weighted by Crippen LogP contribution is 1.90. The molecule has 0 fully saturated rings. The molecule has 0 aromatic carbocycles. The molecule has 9 heavy (non-hydrogen) atoms. The van der Waals surface area contributed by atoms with Crippen molar-refractivity contribution in [3.63, 3.8) is 0 Å². The number of hydrogen-bond acceptors (Lipinski definition) is 3. The second-order valence-electron chi connectivity index (χ2n) is 1.70. The Bertz CT molecular complexity index is 167. The largest absolute Gasteiger partial charge is 0.545 e. The van der Waals surface area contributed by atoms with Crippen molar-refractivity contribution >= 4 is 11.8 Å². The zero-order valence-corrected chi connectivity index (χ0v) is 5.30. The molecule has 0 unspecified atom stereocenters. The Balaban J connectivity index is 4.17. The van der Waals surface area contributed by atoms with Crippen LogP contribution in [0.4, 0.5) is 0 Å². The van der Waals surface area contributed by atoms with Crippen LogP contribution in [0.3, 0.4) is 0 Å². The van der Waals surface area contributed by atoms with Gasteiger partial charge in [0, 0.05) is 0 Å². The van der Waals surface area contributed by atoms with E-state index in [9.17, 15) is 14.7 Å². The molecular formula is C6H7O3-. The lowest BCUT2D eigenvalue weighted by molar-refractivity contribution is -0.297. The lowest BCUT2D eigenvalue weighted by atomic mass is 10.2. The maximum absolute atomic E-state index is 10.3. The molecule has 3 heteroatoms. The number of allylic oxidation sites excluding steroid dienone is 1. The van der Waals surface area contributed by atoms with Crippen LogP contribution in [0.5, 0.6) is 0 Å². The zero-order valence-electron chi connectivity index (χ0n) is 5.30. The molecule has 0 spiro atoms. The van der Waals surface area contributed by atoms with Crippen molar-refractivity contribution in [2.75, 3.05) is 0 Å². The van der Waals surface area contributed by atoms with E-state index in [1.165, 1.54) is 13.8 Å². The summed E-state index contributed by atoms with van der Waals surface area (Å²) in [5.74, 6) is -1.58. The molecule has 0 aliphatic heterocycles. The quantitative estimate of drug-likeness (QED) is 0.459. The van der Waals surface area contributed by atoms with Crippen LogP contribution in [0.15, 0.2) is 11.6 Å². The van der Waals surface area contributed by atoms with E-state index in [0.717, 1.165) is 6.08 Å². The number of carboxylic acid groups (broad SMARTS) is 1. The second kappa shape index (κ2) is 3.02. The summed E-state index contributed by atoms with van der Waals surface area (Å²) < 4.78 is 0. The lowest BCUT2D eigenvalue weighted by Crippen LogP contribution is -2.20. The summed E-state index contributed by atoms with van der Waals surface area (Å²) in [6, 6.07) is 0. The molecule has 0 heterocycles. The van der Waals surface area contributed by atoms with Crippen molar-refractivity contribution in [1.82, 2.24) is 0 Å². The van der Waals surface area contributed by atoms with Gasteiger partial charge in [-0.05, 0) is 25.5 Å². The van der Waals surface area contributed by atoms with Crippen LogP contribution in [0.25, 0.3) is 0 Å². The molecule has 50 valence electrons. The predicted octanol–water partition coefficient (Wildman–Crippen LogP) is -0.728. The number of hydrogen-bond donors (Lipinski definition) is 0. The van der Waals surface area contributed by atoms with Gasteiger partial charge >= 0.3 is 0 Å². The summed E-state index contributed by atoms with van der Waals surface area (Å²) in [6.45, 7) is 2.73. The van der Waals surface area contributed by atoms with Gasteiger partial charge in [-0.3, -0.25) is 4.79 Å². The van der Waals surface area contributed by atoms with Crippen LogP contribution in [-0.2, 0) is 9.59 Å². The monoisotopic (exact) mass is 127 g/mol. The minimum Gasteiger partial charge on any atom is -0.545 e. The molecule has 0 rings (SSSR count). The van der Waals surface area contributed by atoms with Crippen molar-refractivity contribution in [3.05, 3.63) is 11.6 Å². The van der Waals surface area contributed by atoms with Crippen molar-refractivity contribution < 1.29 is 14.7 Å². The van der Waals surface area contributed by atoms with E-state index in [1.807, 2.05) is 0 Å². The fraction of sp³-hybridized carbons (Fsp3) is 0.333. The molecule has 0 atom stereocenters. The highest BCUT2D eigenvalue weighted by molar-refractivity contribution is 5.97. The summed E-state index contributed by atoms with van der Waals surface area (Å²) in [5.41, 5.74) is 0.204. The van der Waals surface area contributed by atoms with Gasteiger partial charge in [0.2, 0.25) is 0 Å². The van der Waals surface area contributed by atoms with Crippen LogP contribution < -0.4 is 5.11 Å². The van der Waals surface area contributed by atoms with Crippen LogP contribution >= 0.6 is 0 Å².